The van der Waals surface area contributed by atoms with E-state index in [1.807, 2.05) is 13.8 Å². The van der Waals surface area contributed by atoms with E-state index in [1.165, 1.54) is 12.0 Å². The average molecular weight is 504 g/mol. The molecular weight excluding hydrogens is 458 g/mol. The second-order valence-corrected chi connectivity index (χ2v) is 9.81. The molecule has 0 aliphatic heterocycles. The second-order valence-electron chi connectivity index (χ2n) is 9.81. The zero-order valence-corrected chi connectivity index (χ0v) is 22.8. The second kappa shape index (κ2) is 16.7. The van der Waals surface area contributed by atoms with Gasteiger partial charge in [-0.2, -0.15) is 0 Å². The average Bonchev–Trinajstić information content (AvgIpc) is 2.84. The number of nitrogens with zero attached hydrogens (tertiary/aromatic N) is 1. The van der Waals surface area contributed by atoms with Crippen molar-refractivity contribution in [2.24, 2.45) is 17.6 Å². The number of Topliss-reactive ketones (excluding diaryl/α,β-unsaturated/α-hetero) is 1. The lowest BCUT2D eigenvalue weighted by atomic mass is 9.98. The molecule has 0 bridgehead atoms. The van der Waals surface area contributed by atoms with Crippen molar-refractivity contribution in [3.63, 3.8) is 0 Å². The van der Waals surface area contributed by atoms with Gasteiger partial charge in [-0.3, -0.25) is 9.59 Å². The molecule has 0 aliphatic rings. The molecule has 0 radical (unpaired) electrons. The smallest absolute Gasteiger partial charge is 0.415 e. The maximum absolute atomic E-state index is 12.5. The molecular formula is C28H45N3O5. The summed E-state index contributed by atoms with van der Waals surface area (Å²) in [4.78, 5) is 38.1. The molecule has 202 valence electrons. The van der Waals surface area contributed by atoms with Gasteiger partial charge in [0.05, 0.1) is 13.2 Å². The lowest BCUT2D eigenvalue weighted by Crippen LogP contribution is -2.36. The zero-order valence-electron chi connectivity index (χ0n) is 22.8. The Morgan fingerprint density at radius 3 is 2.42 bits per heavy atom. The van der Waals surface area contributed by atoms with Crippen molar-refractivity contribution in [2.45, 2.75) is 78.8 Å². The first kappa shape index (κ1) is 31.2. The van der Waals surface area contributed by atoms with Crippen LogP contribution < -0.4 is 20.5 Å². The first-order valence-corrected chi connectivity index (χ1v) is 12.9. The van der Waals surface area contributed by atoms with E-state index in [4.69, 9.17) is 15.2 Å². The Labute approximate surface area is 216 Å². The number of benzene rings is 1. The number of ketones is 1. The summed E-state index contributed by atoms with van der Waals surface area (Å²) in [7, 11) is 3.11. The highest BCUT2D eigenvalue weighted by Crippen LogP contribution is 2.28. The Hall–Kier alpha value is -2.87. The van der Waals surface area contributed by atoms with E-state index < -0.39 is 12.1 Å². The zero-order chi connectivity index (χ0) is 27.1. The number of amides is 2. The third kappa shape index (κ3) is 12.2. The quantitative estimate of drug-likeness (QED) is 0.246. The normalized spacial score (nSPS) is 12.1. The number of hydrogen-bond donors (Lipinski definition) is 2. The Balaban J connectivity index is 2.48. The maximum Gasteiger partial charge on any atom is 0.415 e. The largest absolute Gasteiger partial charge is 0.493 e. The number of allylic oxidation sites excluding steroid dienone is 2. The molecule has 0 heterocycles. The van der Waals surface area contributed by atoms with E-state index in [0.29, 0.717) is 44.0 Å². The molecule has 1 rings (SSSR count). The maximum atomic E-state index is 12.5. The van der Waals surface area contributed by atoms with Gasteiger partial charge >= 0.3 is 6.09 Å². The van der Waals surface area contributed by atoms with Gasteiger partial charge in [0.1, 0.15) is 5.78 Å². The van der Waals surface area contributed by atoms with Gasteiger partial charge < -0.3 is 25.4 Å². The summed E-state index contributed by atoms with van der Waals surface area (Å²) >= 11 is 0. The molecule has 1 aromatic carbocycles. The van der Waals surface area contributed by atoms with E-state index in [2.05, 4.69) is 31.3 Å². The molecule has 0 unspecified atom stereocenters. The van der Waals surface area contributed by atoms with Crippen molar-refractivity contribution in [2.75, 3.05) is 20.7 Å². The van der Waals surface area contributed by atoms with Crippen LogP contribution in [0.1, 0.15) is 71.8 Å². The Morgan fingerprint density at radius 2 is 1.78 bits per heavy atom. The predicted octanol–water partition coefficient (Wildman–Crippen LogP) is 4.85. The lowest BCUT2D eigenvalue weighted by Gasteiger charge is -2.19. The molecule has 8 nitrogen and oxygen atoms in total. The molecule has 0 saturated heterocycles. The van der Waals surface area contributed by atoms with Crippen molar-refractivity contribution in [1.82, 2.24) is 10.2 Å². The fourth-order valence-corrected chi connectivity index (χ4v) is 3.40. The molecule has 0 aromatic heterocycles. The monoisotopic (exact) mass is 503 g/mol. The van der Waals surface area contributed by atoms with Crippen molar-refractivity contribution >= 4 is 17.8 Å². The molecule has 0 fully saturated rings. The molecule has 1 aromatic rings. The van der Waals surface area contributed by atoms with Crippen LogP contribution in [0.25, 0.3) is 0 Å². The fourth-order valence-electron chi connectivity index (χ4n) is 3.40. The number of rotatable bonds is 16. The Kier molecular flexibility index (Phi) is 14.5. The van der Waals surface area contributed by atoms with Gasteiger partial charge in [-0.25, -0.2) is 4.79 Å². The Morgan fingerprint density at radius 1 is 1.06 bits per heavy atom. The first-order valence-electron chi connectivity index (χ1n) is 12.9. The molecule has 0 aliphatic carbocycles. The molecule has 8 heteroatoms. The van der Waals surface area contributed by atoms with E-state index >= 15 is 0 Å². The topological polar surface area (TPSA) is 111 Å². The number of nitrogens with one attached hydrogen (secondary N) is 1. The summed E-state index contributed by atoms with van der Waals surface area (Å²) in [5.41, 5.74) is 6.71. The summed E-state index contributed by atoms with van der Waals surface area (Å²) in [5, 5.41) is 2.92. The van der Waals surface area contributed by atoms with Gasteiger partial charge in [0, 0.05) is 33.0 Å². The predicted molar refractivity (Wildman–Crippen MR) is 143 cm³/mol. The first-order chi connectivity index (χ1) is 17.0. The van der Waals surface area contributed by atoms with Crippen LogP contribution in [0.3, 0.4) is 0 Å². The van der Waals surface area contributed by atoms with Crippen LogP contribution in [0.5, 0.6) is 11.5 Å². The lowest BCUT2D eigenvalue weighted by molar-refractivity contribution is -0.122. The van der Waals surface area contributed by atoms with Crippen molar-refractivity contribution in [3.05, 3.63) is 35.9 Å². The highest BCUT2D eigenvalue weighted by atomic mass is 16.6. The minimum absolute atomic E-state index is 0.00471. The third-order valence-electron chi connectivity index (χ3n) is 5.78. The number of methoxy groups -OCH3 is 1. The summed E-state index contributed by atoms with van der Waals surface area (Å²) in [6.07, 6.45) is 7.95. The minimum Gasteiger partial charge on any atom is -0.493 e. The van der Waals surface area contributed by atoms with Gasteiger partial charge in [0.2, 0.25) is 5.91 Å². The number of unbranched alkanes of at least 4 members (excludes halogenated alkanes) is 2. The molecule has 3 N–H and O–H groups in total. The van der Waals surface area contributed by atoms with Crippen molar-refractivity contribution in [1.29, 1.82) is 0 Å². The number of ether oxygens (including phenoxy) is 2. The Bertz CT molecular complexity index is 867. The molecule has 36 heavy (non-hydrogen) atoms. The summed E-state index contributed by atoms with van der Waals surface area (Å²) < 4.78 is 10.9. The molecule has 2 amide bonds. The van der Waals surface area contributed by atoms with Crippen molar-refractivity contribution < 1.29 is 23.9 Å². The van der Waals surface area contributed by atoms with Gasteiger partial charge in [-0.15, -0.1) is 0 Å². The van der Waals surface area contributed by atoms with Crippen LogP contribution in [-0.2, 0) is 16.1 Å². The van der Waals surface area contributed by atoms with Gasteiger partial charge in [-0.1, -0.05) is 45.9 Å². The number of nitrogens with two attached hydrogens (primary N) is 1. The fraction of sp³-hybridized carbons (Fsp3) is 0.607. The van der Waals surface area contributed by atoms with Crippen LogP contribution in [0.4, 0.5) is 4.79 Å². The number of hydrogen-bond acceptors (Lipinski definition) is 6. The van der Waals surface area contributed by atoms with Gasteiger partial charge in [0.15, 0.2) is 11.5 Å². The van der Waals surface area contributed by atoms with Gasteiger partial charge in [-0.05, 0) is 55.2 Å². The minimum atomic E-state index is -0.543. The van der Waals surface area contributed by atoms with Crippen LogP contribution in [0.15, 0.2) is 30.4 Å². The molecule has 0 spiro atoms. The summed E-state index contributed by atoms with van der Waals surface area (Å²) in [5.74, 6) is 1.33. The third-order valence-corrected chi connectivity index (χ3v) is 5.78. The number of carbonyl (C=O) groups is 3. The SMILES string of the molecule is COc1cc(CNC(=O)CCCC/C=C/C(C)C)ccc1OC(=O)N(C)CCCC(=O)[C@@H](N)C(C)C. The number of carbonyl (C=O) groups excluding carboxylic acids is 3. The van der Waals surface area contributed by atoms with E-state index in [9.17, 15) is 14.4 Å². The van der Waals surface area contributed by atoms with Crippen LogP contribution in [0.2, 0.25) is 0 Å². The molecule has 1 atom stereocenters. The van der Waals surface area contributed by atoms with E-state index in [-0.39, 0.29) is 23.4 Å². The van der Waals surface area contributed by atoms with Gasteiger partial charge in [0.25, 0.3) is 0 Å². The standard InChI is InChI=1S/C28H45N3O5/c1-20(2)12-9-7-8-10-14-26(33)30-19-22-15-16-24(25(18-22)35-6)36-28(34)31(5)17-11-13-23(32)27(29)21(3)4/h9,12,15-16,18,20-21,27H,7-8,10-11,13-14,17,19,29H2,1-6H3,(H,30,33)/b12-9+/t27-/m0/s1. The van der Waals surface area contributed by atoms with Crippen molar-refractivity contribution in [3.8, 4) is 11.5 Å². The summed E-state index contributed by atoms with van der Waals surface area (Å²) in [6.45, 7) is 8.84. The van der Waals surface area contributed by atoms with Crippen LogP contribution in [-0.4, -0.2) is 49.4 Å². The molecule has 0 saturated carbocycles. The van der Waals surface area contributed by atoms with Crippen LogP contribution in [0, 0.1) is 11.8 Å². The van der Waals surface area contributed by atoms with E-state index in [1.54, 1.807) is 25.2 Å². The van der Waals surface area contributed by atoms with E-state index in [0.717, 1.165) is 24.8 Å². The van der Waals surface area contributed by atoms with Crippen LogP contribution >= 0.6 is 0 Å². The summed E-state index contributed by atoms with van der Waals surface area (Å²) in [6, 6.07) is 4.70. The highest BCUT2D eigenvalue weighted by molar-refractivity contribution is 5.84. The highest BCUT2D eigenvalue weighted by Gasteiger charge is 2.19.